The topological polar surface area (TPSA) is 96.5 Å². The SMILES string of the molecule is CCCOC(=O)c1ccc(NC(=O)CNc2cccc(NC(=O)CC)c2C)cc1. The number of hydrogen-bond acceptors (Lipinski definition) is 5. The Labute approximate surface area is 170 Å². The average Bonchev–Trinajstić information content (AvgIpc) is 2.73. The Morgan fingerprint density at radius 3 is 2.24 bits per heavy atom. The molecule has 154 valence electrons. The molecule has 7 nitrogen and oxygen atoms in total. The van der Waals surface area contributed by atoms with Gasteiger partial charge in [-0.25, -0.2) is 4.79 Å². The fraction of sp³-hybridized carbons (Fsp3) is 0.318. The van der Waals surface area contributed by atoms with E-state index in [1.165, 1.54) is 0 Å². The highest BCUT2D eigenvalue weighted by Gasteiger charge is 2.10. The second-order valence-corrected chi connectivity index (χ2v) is 6.49. The minimum Gasteiger partial charge on any atom is -0.462 e. The Balaban J connectivity index is 1.91. The van der Waals surface area contributed by atoms with Crippen LogP contribution in [-0.2, 0) is 14.3 Å². The summed E-state index contributed by atoms with van der Waals surface area (Å²) >= 11 is 0. The normalized spacial score (nSPS) is 10.2. The van der Waals surface area contributed by atoms with Crippen molar-refractivity contribution in [2.45, 2.75) is 33.6 Å². The van der Waals surface area contributed by atoms with Crippen molar-refractivity contribution < 1.29 is 19.1 Å². The highest BCUT2D eigenvalue weighted by molar-refractivity contribution is 5.96. The van der Waals surface area contributed by atoms with Gasteiger partial charge in [-0.3, -0.25) is 9.59 Å². The van der Waals surface area contributed by atoms with E-state index >= 15 is 0 Å². The Hall–Kier alpha value is -3.35. The number of nitrogens with one attached hydrogen (secondary N) is 3. The first-order valence-electron chi connectivity index (χ1n) is 9.65. The molecule has 3 N–H and O–H groups in total. The lowest BCUT2D eigenvalue weighted by Crippen LogP contribution is -2.22. The molecule has 0 aromatic heterocycles. The van der Waals surface area contributed by atoms with E-state index in [1.807, 2.05) is 32.0 Å². The molecule has 0 spiro atoms. The van der Waals surface area contributed by atoms with Crippen molar-refractivity contribution in [1.82, 2.24) is 0 Å². The molecule has 0 unspecified atom stereocenters. The molecule has 0 aliphatic heterocycles. The summed E-state index contributed by atoms with van der Waals surface area (Å²) in [5.41, 5.74) is 3.37. The molecule has 0 radical (unpaired) electrons. The van der Waals surface area contributed by atoms with Gasteiger partial charge in [0.15, 0.2) is 0 Å². The quantitative estimate of drug-likeness (QED) is 0.557. The summed E-state index contributed by atoms with van der Waals surface area (Å²) in [6.07, 6.45) is 1.16. The van der Waals surface area contributed by atoms with Gasteiger partial charge < -0.3 is 20.7 Å². The molecule has 0 bridgehead atoms. The standard InChI is InChI=1S/C22H27N3O4/c1-4-13-29-22(28)16-9-11-17(12-10-16)24-21(27)14-23-18-7-6-8-19(15(18)3)25-20(26)5-2/h6-12,23H,4-5,13-14H2,1-3H3,(H,24,27)(H,25,26). The molecule has 0 saturated heterocycles. The van der Waals surface area contributed by atoms with Gasteiger partial charge in [-0.2, -0.15) is 0 Å². The van der Waals surface area contributed by atoms with Crippen LogP contribution in [0.1, 0.15) is 42.6 Å². The second-order valence-electron chi connectivity index (χ2n) is 6.49. The average molecular weight is 397 g/mol. The number of rotatable bonds is 9. The van der Waals surface area contributed by atoms with Crippen molar-refractivity contribution in [3.8, 4) is 0 Å². The molecule has 0 saturated carbocycles. The third-order valence-electron chi connectivity index (χ3n) is 4.21. The van der Waals surface area contributed by atoms with Crippen LogP contribution < -0.4 is 16.0 Å². The maximum Gasteiger partial charge on any atom is 0.338 e. The van der Waals surface area contributed by atoms with Crippen LogP contribution in [-0.4, -0.2) is 30.9 Å². The number of carbonyl (C=O) groups excluding carboxylic acids is 3. The number of hydrogen-bond donors (Lipinski definition) is 3. The van der Waals surface area contributed by atoms with Crippen molar-refractivity contribution in [3.05, 3.63) is 53.6 Å². The van der Waals surface area contributed by atoms with Crippen molar-refractivity contribution in [3.63, 3.8) is 0 Å². The van der Waals surface area contributed by atoms with E-state index in [2.05, 4.69) is 16.0 Å². The van der Waals surface area contributed by atoms with Crippen LogP contribution in [0, 0.1) is 6.92 Å². The predicted molar refractivity (Wildman–Crippen MR) is 114 cm³/mol. The molecule has 0 aliphatic carbocycles. The first-order chi connectivity index (χ1) is 13.9. The van der Waals surface area contributed by atoms with Gasteiger partial charge >= 0.3 is 5.97 Å². The molecule has 7 heteroatoms. The van der Waals surface area contributed by atoms with Gasteiger partial charge in [0.2, 0.25) is 11.8 Å². The van der Waals surface area contributed by atoms with Gasteiger partial charge in [0.1, 0.15) is 0 Å². The zero-order valence-electron chi connectivity index (χ0n) is 17.0. The van der Waals surface area contributed by atoms with Crippen LogP contribution in [0.15, 0.2) is 42.5 Å². The third-order valence-corrected chi connectivity index (χ3v) is 4.21. The fourth-order valence-electron chi connectivity index (χ4n) is 2.55. The largest absolute Gasteiger partial charge is 0.462 e. The molecule has 29 heavy (non-hydrogen) atoms. The van der Waals surface area contributed by atoms with Crippen LogP contribution in [0.4, 0.5) is 17.1 Å². The maximum atomic E-state index is 12.2. The van der Waals surface area contributed by atoms with E-state index in [0.29, 0.717) is 30.0 Å². The Kier molecular flexibility index (Phi) is 8.21. The Morgan fingerprint density at radius 2 is 1.59 bits per heavy atom. The van der Waals surface area contributed by atoms with Crippen LogP contribution >= 0.6 is 0 Å². The van der Waals surface area contributed by atoms with E-state index in [0.717, 1.165) is 17.7 Å². The van der Waals surface area contributed by atoms with E-state index in [4.69, 9.17) is 4.74 Å². The summed E-state index contributed by atoms with van der Waals surface area (Å²) in [4.78, 5) is 35.6. The second kappa shape index (κ2) is 10.8. The van der Waals surface area contributed by atoms with Crippen molar-refractivity contribution in [2.75, 3.05) is 29.1 Å². The molecule has 0 heterocycles. The first-order valence-corrected chi connectivity index (χ1v) is 9.65. The van der Waals surface area contributed by atoms with Gasteiger partial charge in [-0.15, -0.1) is 0 Å². The molecule has 2 amide bonds. The molecule has 2 aromatic rings. The van der Waals surface area contributed by atoms with Crippen LogP contribution in [0.2, 0.25) is 0 Å². The van der Waals surface area contributed by atoms with Crippen molar-refractivity contribution in [2.24, 2.45) is 0 Å². The zero-order chi connectivity index (χ0) is 21.2. The predicted octanol–water partition coefficient (Wildman–Crippen LogP) is 3.96. The highest BCUT2D eigenvalue weighted by atomic mass is 16.5. The fourth-order valence-corrected chi connectivity index (χ4v) is 2.55. The monoisotopic (exact) mass is 397 g/mol. The third kappa shape index (κ3) is 6.64. The van der Waals surface area contributed by atoms with Crippen LogP contribution in [0.3, 0.4) is 0 Å². The van der Waals surface area contributed by atoms with Crippen LogP contribution in [0.5, 0.6) is 0 Å². The number of benzene rings is 2. The molecule has 2 rings (SSSR count). The highest BCUT2D eigenvalue weighted by Crippen LogP contribution is 2.23. The summed E-state index contributed by atoms with van der Waals surface area (Å²) < 4.78 is 5.08. The van der Waals surface area contributed by atoms with Gasteiger partial charge in [-0.05, 0) is 55.3 Å². The van der Waals surface area contributed by atoms with Gasteiger partial charge in [-0.1, -0.05) is 19.9 Å². The van der Waals surface area contributed by atoms with Gasteiger partial charge in [0.25, 0.3) is 0 Å². The zero-order valence-corrected chi connectivity index (χ0v) is 17.0. The molecular formula is C22H27N3O4. The number of esters is 1. The lowest BCUT2D eigenvalue weighted by atomic mass is 10.1. The summed E-state index contributed by atoms with van der Waals surface area (Å²) in [5.74, 6) is -0.671. The van der Waals surface area contributed by atoms with Gasteiger partial charge in [0, 0.05) is 23.5 Å². The summed E-state index contributed by atoms with van der Waals surface area (Å²) in [6.45, 7) is 6.04. The van der Waals surface area contributed by atoms with E-state index in [-0.39, 0.29) is 24.3 Å². The lowest BCUT2D eigenvalue weighted by molar-refractivity contribution is -0.116. The summed E-state index contributed by atoms with van der Waals surface area (Å²) in [6, 6.07) is 12.0. The molecular weight excluding hydrogens is 370 g/mol. The Bertz CT molecular complexity index is 863. The smallest absolute Gasteiger partial charge is 0.338 e. The van der Waals surface area contributed by atoms with Crippen molar-refractivity contribution in [1.29, 1.82) is 0 Å². The van der Waals surface area contributed by atoms with Crippen LogP contribution in [0.25, 0.3) is 0 Å². The minimum absolute atomic E-state index is 0.0618. The summed E-state index contributed by atoms with van der Waals surface area (Å²) in [5, 5.41) is 8.69. The first kappa shape index (κ1) is 21.9. The Morgan fingerprint density at radius 1 is 0.897 bits per heavy atom. The van der Waals surface area contributed by atoms with Crippen molar-refractivity contribution >= 4 is 34.8 Å². The summed E-state index contributed by atoms with van der Waals surface area (Å²) in [7, 11) is 0. The lowest BCUT2D eigenvalue weighted by Gasteiger charge is -2.14. The van der Waals surface area contributed by atoms with E-state index in [1.54, 1.807) is 31.2 Å². The minimum atomic E-state index is -0.378. The molecule has 0 aliphatic rings. The molecule has 2 aromatic carbocycles. The van der Waals surface area contributed by atoms with E-state index in [9.17, 15) is 14.4 Å². The molecule has 0 atom stereocenters. The number of amides is 2. The number of anilines is 3. The number of carbonyl (C=O) groups is 3. The maximum absolute atomic E-state index is 12.2. The molecule has 0 fully saturated rings. The van der Waals surface area contributed by atoms with Gasteiger partial charge in [0.05, 0.1) is 18.7 Å². The van der Waals surface area contributed by atoms with E-state index < -0.39 is 0 Å². The number of ether oxygens (including phenoxy) is 1.